The Morgan fingerprint density at radius 3 is 2.64 bits per heavy atom. The lowest BCUT2D eigenvalue weighted by molar-refractivity contribution is 1.12. The Morgan fingerprint density at radius 1 is 1.36 bits per heavy atom. The number of hydrogen-bond donors (Lipinski definition) is 0. The van der Waals surface area contributed by atoms with Gasteiger partial charge in [0.25, 0.3) is 0 Å². The quantitative estimate of drug-likeness (QED) is 0.660. The van der Waals surface area contributed by atoms with E-state index in [4.69, 9.17) is 34.8 Å². The van der Waals surface area contributed by atoms with Crippen molar-refractivity contribution in [3.8, 4) is 0 Å². The Labute approximate surface area is 99.5 Å². The van der Waals surface area contributed by atoms with Crippen LogP contribution in [0.1, 0.15) is 18.9 Å². The number of rotatable bonds is 3. The molecule has 0 aliphatic carbocycles. The molecule has 1 aromatic rings. The van der Waals surface area contributed by atoms with Crippen LogP contribution in [0.25, 0.3) is 6.08 Å². The Hall–Kier alpha value is -0.170. The number of benzene rings is 1. The summed E-state index contributed by atoms with van der Waals surface area (Å²) in [5.41, 5.74) is 2.08. The second-order valence-electron chi connectivity index (χ2n) is 2.93. The summed E-state index contributed by atoms with van der Waals surface area (Å²) in [6, 6.07) is 5.57. The minimum absolute atomic E-state index is 0.527. The van der Waals surface area contributed by atoms with E-state index in [2.05, 4.69) is 6.92 Å². The third-order valence-corrected chi connectivity index (χ3v) is 3.14. The van der Waals surface area contributed by atoms with E-state index in [-0.39, 0.29) is 0 Å². The van der Waals surface area contributed by atoms with Crippen LogP contribution in [-0.4, -0.2) is 5.88 Å². The fourth-order valence-electron chi connectivity index (χ4n) is 1.09. The van der Waals surface area contributed by atoms with Crippen molar-refractivity contribution in [3.63, 3.8) is 0 Å². The second-order valence-corrected chi connectivity index (χ2v) is 3.99. The summed E-state index contributed by atoms with van der Waals surface area (Å²) >= 11 is 17.7. The lowest BCUT2D eigenvalue weighted by Crippen LogP contribution is -1.84. The Bertz CT molecular complexity index is 336. The fourth-order valence-corrected chi connectivity index (χ4v) is 1.72. The van der Waals surface area contributed by atoms with Gasteiger partial charge in [-0.15, -0.1) is 11.6 Å². The topological polar surface area (TPSA) is 0 Å². The third-order valence-electron chi connectivity index (χ3n) is 1.97. The van der Waals surface area contributed by atoms with Crippen LogP contribution in [0.15, 0.2) is 23.8 Å². The van der Waals surface area contributed by atoms with Gasteiger partial charge in [0.05, 0.1) is 10.0 Å². The molecule has 0 aliphatic rings. The van der Waals surface area contributed by atoms with Crippen molar-refractivity contribution in [2.24, 2.45) is 0 Å². The number of allylic oxidation sites excluding steroid dienone is 1. The molecule has 0 saturated carbocycles. The fraction of sp³-hybridized carbons (Fsp3) is 0.273. The van der Waals surface area contributed by atoms with Crippen LogP contribution in [0.3, 0.4) is 0 Å². The van der Waals surface area contributed by atoms with E-state index in [0.29, 0.717) is 15.9 Å². The largest absolute Gasteiger partial charge is 0.122 e. The molecule has 0 atom stereocenters. The third kappa shape index (κ3) is 2.91. The van der Waals surface area contributed by atoms with Gasteiger partial charge in [0.1, 0.15) is 0 Å². The molecule has 0 saturated heterocycles. The van der Waals surface area contributed by atoms with Crippen molar-refractivity contribution < 1.29 is 0 Å². The van der Waals surface area contributed by atoms with Gasteiger partial charge in [-0.25, -0.2) is 0 Å². The smallest absolute Gasteiger partial charge is 0.0664 e. The molecule has 0 aliphatic heterocycles. The first-order chi connectivity index (χ1) is 6.69. The van der Waals surface area contributed by atoms with E-state index < -0.39 is 0 Å². The van der Waals surface area contributed by atoms with Crippen molar-refractivity contribution >= 4 is 40.9 Å². The standard InChI is InChI=1S/C11H11Cl3/c1-2-8(7-12)6-9-4-3-5-10(13)11(9)14/h3-6H,2,7H2,1H3. The van der Waals surface area contributed by atoms with Crippen LogP contribution in [0.4, 0.5) is 0 Å². The van der Waals surface area contributed by atoms with Crippen LogP contribution in [-0.2, 0) is 0 Å². The van der Waals surface area contributed by atoms with Crippen molar-refractivity contribution in [2.75, 3.05) is 5.88 Å². The zero-order valence-corrected chi connectivity index (χ0v) is 10.1. The highest BCUT2D eigenvalue weighted by molar-refractivity contribution is 6.42. The van der Waals surface area contributed by atoms with Crippen molar-refractivity contribution in [3.05, 3.63) is 39.4 Å². The SMILES string of the molecule is CCC(=Cc1cccc(Cl)c1Cl)CCl. The van der Waals surface area contributed by atoms with Gasteiger partial charge in [-0.1, -0.05) is 53.9 Å². The van der Waals surface area contributed by atoms with Gasteiger partial charge in [-0.3, -0.25) is 0 Å². The molecule has 0 spiro atoms. The predicted molar refractivity (Wildman–Crippen MR) is 65.5 cm³/mol. The van der Waals surface area contributed by atoms with E-state index in [9.17, 15) is 0 Å². The van der Waals surface area contributed by atoms with Crippen LogP contribution in [0.2, 0.25) is 10.0 Å². The van der Waals surface area contributed by atoms with Crippen LogP contribution >= 0.6 is 34.8 Å². The average Bonchev–Trinajstić information content (AvgIpc) is 2.20. The highest BCUT2D eigenvalue weighted by Gasteiger charge is 2.02. The van der Waals surface area contributed by atoms with Crippen molar-refractivity contribution in [2.45, 2.75) is 13.3 Å². The highest BCUT2D eigenvalue weighted by Crippen LogP contribution is 2.27. The highest BCUT2D eigenvalue weighted by atomic mass is 35.5. The molecule has 0 nitrogen and oxygen atoms in total. The minimum Gasteiger partial charge on any atom is -0.122 e. The molecule has 1 rings (SSSR count). The lowest BCUT2D eigenvalue weighted by atomic mass is 10.1. The second kappa shape index (κ2) is 5.65. The molecule has 0 unspecified atom stereocenters. The lowest BCUT2D eigenvalue weighted by Gasteiger charge is -2.03. The molecular weight excluding hydrogens is 238 g/mol. The van der Waals surface area contributed by atoms with E-state index >= 15 is 0 Å². The molecule has 0 amide bonds. The van der Waals surface area contributed by atoms with Crippen molar-refractivity contribution in [1.82, 2.24) is 0 Å². The average molecular weight is 250 g/mol. The summed E-state index contributed by atoms with van der Waals surface area (Å²) in [6.45, 7) is 2.06. The molecule has 0 aromatic heterocycles. The molecule has 0 heterocycles. The van der Waals surface area contributed by atoms with Gasteiger partial charge in [-0.2, -0.15) is 0 Å². The molecule has 1 aromatic carbocycles. The van der Waals surface area contributed by atoms with Crippen LogP contribution in [0.5, 0.6) is 0 Å². The van der Waals surface area contributed by atoms with E-state index in [1.165, 1.54) is 0 Å². The molecule has 0 bridgehead atoms. The molecule has 76 valence electrons. The maximum Gasteiger partial charge on any atom is 0.0664 e. The molecule has 0 fully saturated rings. The van der Waals surface area contributed by atoms with Gasteiger partial charge < -0.3 is 0 Å². The van der Waals surface area contributed by atoms with Crippen molar-refractivity contribution in [1.29, 1.82) is 0 Å². The summed E-state index contributed by atoms with van der Waals surface area (Å²) in [5, 5.41) is 1.16. The van der Waals surface area contributed by atoms with E-state index in [0.717, 1.165) is 17.6 Å². The zero-order valence-electron chi connectivity index (χ0n) is 7.86. The molecule has 3 heteroatoms. The summed E-state index contributed by atoms with van der Waals surface area (Å²) < 4.78 is 0. The molecule has 14 heavy (non-hydrogen) atoms. The molecule has 0 N–H and O–H groups in total. The summed E-state index contributed by atoms with van der Waals surface area (Å²) in [6.07, 6.45) is 2.91. The maximum atomic E-state index is 6.03. The van der Waals surface area contributed by atoms with Crippen LogP contribution < -0.4 is 0 Å². The van der Waals surface area contributed by atoms with Gasteiger partial charge in [0.15, 0.2) is 0 Å². The van der Waals surface area contributed by atoms with Gasteiger partial charge >= 0.3 is 0 Å². The molecular formula is C11H11Cl3. The first-order valence-corrected chi connectivity index (χ1v) is 5.67. The van der Waals surface area contributed by atoms with E-state index in [1.54, 1.807) is 6.07 Å². The van der Waals surface area contributed by atoms with Gasteiger partial charge in [0.2, 0.25) is 0 Å². The normalized spacial score (nSPS) is 11.9. The summed E-state index contributed by atoms with van der Waals surface area (Å²) in [5.74, 6) is 0.527. The summed E-state index contributed by atoms with van der Waals surface area (Å²) in [7, 11) is 0. The first-order valence-electron chi connectivity index (χ1n) is 4.38. The first kappa shape index (κ1) is 11.9. The van der Waals surface area contributed by atoms with Gasteiger partial charge in [-0.05, 0) is 18.1 Å². The van der Waals surface area contributed by atoms with E-state index in [1.807, 2.05) is 18.2 Å². The minimum atomic E-state index is 0.527. The summed E-state index contributed by atoms with van der Waals surface area (Å²) in [4.78, 5) is 0. The predicted octanol–water partition coefficient (Wildman–Crippen LogP) is 5.03. The Morgan fingerprint density at radius 2 is 2.07 bits per heavy atom. The Balaban J connectivity index is 3.07. The molecule has 0 radical (unpaired) electrons. The zero-order chi connectivity index (χ0) is 10.6. The van der Waals surface area contributed by atoms with Crippen LogP contribution in [0, 0.1) is 0 Å². The van der Waals surface area contributed by atoms with Gasteiger partial charge in [0, 0.05) is 5.88 Å². The maximum absolute atomic E-state index is 6.03. The number of hydrogen-bond acceptors (Lipinski definition) is 0. The number of alkyl halides is 1. The monoisotopic (exact) mass is 248 g/mol. The Kier molecular flexibility index (Phi) is 4.80. The number of halogens is 3.